The topological polar surface area (TPSA) is 29.4 Å². The van der Waals surface area contributed by atoms with Gasteiger partial charge in [0.25, 0.3) is 0 Å². The summed E-state index contributed by atoms with van der Waals surface area (Å²) < 4.78 is 13.6. The number of ketones is 1. The zero-order valence-electron chi connectivity index (χ0n) is 13.5. The minimum Gasteiger partial charge on any atom is -0.299 e. The fourth-order valence-corrected chi connectivity index (χ4v) is 3.77. The van der Waals surface area contributed by atoms with Crippen molar-refractivity contribution in [2.24, 2.45) is 10.9 Å². The Kier molecular flexibility index (Phi) is 4.16. The predicted molar refractivity (Wildman–Crippen MR) is 86.9 cm³/mol. The maximum absolute atomic E-state index is 13.6. The SMILES string of the molecule is CC1(C)Cc2ccc(F)cc2C(CC(=O)C2CCCCC2)=N1. The van der Waals surface area contributed by atoms with Crippen LogP contribution >= 0.6 is 0 Å². The lowest BCUT2D eigenvalue weighted by atomic mass is 9.81. The molecule has 1 aromatic rings. The van der Waals surface area contributed by atoms with Crippen LogP contribution in [0, 0.1) is 11.7 Å². The highest BCUT2D eigenvalue weighted by Gasteiger charge is 2.30. The third kappa shape index (κ3) is 3.29. The van der Waals surface area contributed by atoms with E-state index in [9.17, 15) is 9.18 Å². The summed E-state index contributed by atoms with van der Waals surface area (Å²) in [4.78, 5) is 17.4. The highest BCUT2D eigenvalue weighted by atomic mass is 19.1. The number of benzene rings is 1. The van der Waals surface area contributed by atoms with Gasteiger partial charge in [0.2, 0.25) is 0 Å². The number of fused-ring (bicyclic) bond motifs is 1. The number of hydrogen-bond acceptors (Lipinski definition) is 2. The molecular formula is C19H24FNO. The van der Waals surface area contributed by atoms with Crippen LogP contribution in [0.5, 0.6) is 0 Å². The summed E-state index contributed by atoms with van der Waals surface area (Å²) in [6.45, 7) is 4.15. The molecule has 0 bridgehead atoms. The Hall–Kier alpha value is -1.51. The molecule has 2 aliphatic rings. The molecule has 2 nitrogen and oxygen atoms in total. The van der Waals surface area contributed by atoms with Gasteiger partial charge in [-0.05, 0) is 50.8 Å². The van der Waals surface area contributed by atoms with Gasteiger partial charge < -0.3 is 0 Å². The Morgan fingerprint density at radius 1 is 1.27 bits per heavy atom. The molecular weight excluding hydrogens is 277 g/mol. The second kappa shape index (κ2) is 5.94. The van der Waals surface area contributed by atoms with Gasteiger partial charge in [0, 0.05) is 17.9 Å². The Balaban J connectivity index is 1.86. The highest BCUT2D eigenvalue weighted by molar-refractivity contribution is 6.13. The molecule has 0 aromatic heterocycles. The lowest BCUT2D eigenvalue weighted by molar-refractivity contribution is -0.122. The highest BCUT2D eigenvalue weighted by Crippen LogP contribution is 2.31. The first-order valence-electron chi connectivity index (χ1n) is 8.35. The monoisotopic (exact) mass is 301 g/mol. The molecule has 1 aliphatic heterocycles. The van der Waals surface area contributed by atoms with Crippen molar-refractivity contribution in [2.75, 3.05) is 0 Å². The van der Waals surface area contributed by atoms with E-state index in [-0.39, 0.29) is 23.1 Å². The van der Waals surface area contributed by atoms with Gasteiger partial charge in [-0.15, -0.1) is 0 Å². The molecule has 118 valence electrons. The Bertz CT molecular complexity index is 612. The molecule has 1 heterocycles. The Morgan fingerprint density at radius 2 is 2.00 bits per heavy atom. The molecule has 3 heteroatoms. The molecule has 0 radical (unpaired) electrons. The fraction of sp³-hybridized carbons (Fsp3) is 0.579. The van der Waals surface area contributed by atoms with E-state index in [2.05, 4.69) is 13.8 Å². The largest absolute Gasteiger partial charge is 0.299 e. The van der Waals surface area contributed by atoms with Crippen LogP contribution in [0.15, 0.2) is 23.2 Å². The molecule has 0 saturated heterocycles. The van der Waals surface area contributed by atoms with E-state index in [1.807, 2.05) is 6.07 Å². The van der Waals surface area contributed by atoms with Crippen LogP contribution in [-0.2, 0) is 11.2 Å². The molecule has 1 saturated carbocycles. The maximum Gasteiger partial charge on any atom is 0.141 e. The van der Waals surface area contributed by atoms with E-state index >= 15 is 0 Å². The summed E-state index contributed by atoms with van der Waals surface area (Å²) in [5.74, 6) is 0.209. The van der Waals surface area contributed by atoms with Crippen LogP contribution in [-0.4, -0.2) is 17.0 Å². The van der Waals surface area contributed by atoms with Crippen LogP contribution in [0.1, 0.15) is 63.5 Å². The number of Topliss-reactive ketones (excluding diaryl/α,β-unsaturated/α-hetero) is 1. The average Bonchev–Trinajstić information content (AvgIpc) is 2.48. The van der Waals surface area contributed by atoms with E-state index in [1.54, 1.807) is 0 Å². The third-order valence-corrected chi connectivity index (χ3v) is 4.85. The van der Waals surface area contributed by atoms with E-state index < -0.39 is 0 Å². The number of nitrogens with zero attached hydrogens (tertiary/aromatic N) is 1. The van der Waals surface area contributed by atoms with E-state index in [0.29, 0.717) is 6.42 Å². The van der Waals surface area contributed by atoms with Crippen molar-refractivity contribution in [3.8, 4) is 0 Å². The van der Waals surface area contributed by atoms with Crippen LogP contribution in [0.3, 0.4) is 0 Å². The van der Waals surface area contributed by atoms with Crippen molar-refractivity contribution < 1.29 is 9.18 Å². The fourth-order valence-electron chi connectivity index (χ4n) is 3.77. The van der Waals surface area contributed by atoms with Gasteiger partial charge in [-0.1, -0.05) is 25.3 Å². The predicted octanol–water partition coefficient (Wildman–Crippen LogP) is 4.49. The standard InChI is InChI=1S/C19H24FNO/c1-19(2)12-14-8-9-15(20)10-16(14)17(21-19)11-18(22)13-6-4-3-5-7-13/h8-10,13H,3-7,11-12H2,1-2H3. The Morgan fingerprint density at radius 3 is 2.73 bits per heavy atom. The van der Waals surface area contributed by atoms with Crippen molar-refractivity contribution in [3.63, 3.8) is 0 Å². The van der Waals surface area contributed by atoms with Gasteiger partial charge >= 0.3 is 0 Å². The zero-order valence-corrected chi connectivity index (χ0v) is 13.5. The molecule has 22 heavy (non-hydrogen) atoms. The maximum atomic E-state index is 13.6. The molecule has 3 rings (SSSR count). The summed E-state index contributed by atoms with van der Waals surface area (Å²) in [7, 11) is 0. The summed E-state index contributed by atoms with van der Waals surface area (Å²) in [5.41, 5.74) is 2.50. The summed E-state index contributed by atoms with van der Waals surface area (Å²) >= 11 is 0. The van der Waals surface area contributed by atoms with Gasteiger partial charge in [0.15, 0.2) is 0 Å². The number of aliphatic imine (C=N–C) groups is 1. The van der Waals surface area contributed by atoms with Gasteiger partial charge in [-0.2, -0.15) is 0 Å². The van der Waals surface area contributed by atoms with Crippen molar-refractivity contribution in [1.29, 1.82) is 0 Å². The number of hydrogen-bond donors (Lipinski definition) is 0. The molecule has 0 atom stereocenters. The average molecular weight is 301 g/mol. The first-order chi connectivity index (χ1) is 10.4. The summed E-state index contributed by atoms with van der Waals surface area (Å²) in [6, 6.07) is 4.88. The quantitative estimate of drug-likeness (QED) is 0.809. The van der Waals surface area contributed by atoms with E-state index in [0.717, 1.165) is 48.9 Å². The molecule has 0 spiro atoms. The minimum absolute atomic E-state index is 0.179. The van der Waals surface area contributed by atoms with E-state index in [1.165, 1.54) is 18.6 Å². The van der Waals surface area contributed by atoms with Gasteiger partial charge in [0.1, 0.15) is 11.6 Å². The zero-order chi connectivity index (χ0) is 15.7. The second-order valence-electron chi connectivity index (χ2n) is 7.33. The molecule has 1 aromatic carbocycles. The van der Waals surface area contributed by atoms with Crippen molar-refractivity contribution >= 4 is 11.5 Å². The van der Waals surface area contributed by atoms with Gasteiger partial charge in [-0.3, -0.25) is 9.79 Å². The van der Waals surface area contributed by atoms with Crippen LogP contribution in [0.4, 0.5) is 4.39 Å². The first kappa shape index (κ1) is 15.4. The first-order valence-corrected chi connectivity index (χ1v) is 8.35. The second-order valence-corrected chi connectivity index (χ2v) is 7.33. The molecule has 0 N–H and O–H groups in total. The molecule has 0 amide bonds. The third-order valence-electron chi connectivity index (χ3n) is 4.85. The summed E-state index contributed by atoms with van der Waals surface area (Å²) in [5, 5.41) is 0. The number of halogens is 1. The molecule has 1 aliphatic carbocycles. The Labute approximate surface area is 131 Å². The normalized spacial score (nSPS) is 21.1. The van der Waals surface area contributed by atoms with Crippen molar-refractivity contribution in [1.82, 2.24) is 0 Å². The van der Waals surface area contributed by atoms with Crippen LogP contribution < -0.4 is 0 Å². The van der Waals surface area contributed by atoms with Crippen LogP contribution in [0.2, 0.25) is 0 Å². The van der Waals surface area contributed by atoms with E-state index in [4.69, 9.17) is 4.99 Å². The number of rotatable bonds is 3. The number of carbonyl (C=O) groups excluding carboxylic acids is 1. The van der Waals surface area contributed by atoms with Crippen molar-refractivity contribution in [3.05, 3.63) is 35.1 Å². The molecule has 1 fully saturated rings. The molecule has 0 unspecified atom stereocenters. The number of carbonyl (C=O) groups is 1. The lowest BCUT2D eigenvalue weighted by Crippen LogP contribution is -2.31. The lowest BCUT2D eigenvalue weighted by Gasteiger charge is -2.30. The van der Waals surface area contributed by atoms with Gasteiger partial charge in [0.05, 0.1) is 11.3 Å². The smallest absolute Gasteiger partial charge is 0.141 e. The van der Waals surface area contributed by atoms with Crippen LogP contribution in [0.25, 0.3) is 0 Å². The summed E-state index contributed by atoms with van der Waals surface area (Å²) in [6.07, 6.45) is 6.70. The minimum atomic E-state index is -0.253. The van der Waals surface area contributed by atoms with Gasteiger partial charge in [-0.25, -0.2) is 4.39 Å². The van der Waals surface area contributed by atoms with Crippen molar-refractivity contribution in [2.45, 2.75) is 64.3 Å².